The third-order valence-electron chi connectivity index (χ3n) is 4.35. The smallest absolute Gasteiger partial charge is 0.335 e. The summed E-state index contributed by atoms with van der Waals surface area (Å²) in [6.45, 7) is 0. The van der Waals surface area contributed by atoms with Gasteiger partial charge in [0.05, 0.1) is 22.8 Å². The minimum Gasteiger partial charge on any atom is -0.480 e. The number of fused-ring (bicyclic) bond motifs is 1. The summed E-state index contributed by atoms with van der Waals surface area (Å²) in [6.07, 6.45) is 3.28. The Hall–Kier alpha value is -3.26. The van der Waals surface area contributed by atoms with Crippen LogP contribution in [-0.2, 0) is 18.3 Å². The van der Waals surface area contributed by atoms with Crippen molar-refractivity contribution in [2.75, 3.05) is 7.05 Å². The van der Waals surface area contributed by atoms with Crippen LogP contribution in [-0.4, -0.2) is 38.3 Å². The first-order valence-corrected chi connectivity index (χ1v) is 7.99. The molecule has 0 aliphatic heterocycles. The number of aryl methyl sites for hydroxylation is 1. The fourth-order valence-electron chi connectivity index (χ4n) is 2.85. The van der Waals surface area contributed by atoms with E-state index in [2.05, 4.69) is 10.3 Å². The highest BCUT2D eigenvalue weighted by molar-refractivity contribution is 5.77. The van der Waals surface area contributed by atoms with E-state index in [1.54, 1.807) is 44.4 Å². The molecule has 1 unspecified atom stereocenters. The molecule has 0 radical (unpaired) electrons. The molecule has 1 atom stereocenters. The predicted molar refractivity (Wildman–Crippen MR) is 96.8 cm³/mol. The van der Waals surface area contributed by atoms with Crippen molar-refractivity contribution in [1.29, 1.82) is 0 Å². The number of likely N-dealkylation sites (N-methyl/N-ethyl adjacent to an activating group) is 1. The Balaban J connectivity index is 2.07. The van der Waals surface area contributed by atoms with E-state index in [-0.39, 0.29) is 0 Å². The van der Waals surface area contributed by atoms with Gasteiger partial charge in [-0.25, -0.2) is 9.36 Å². The SMILES string of the molecule is CNC(Cc1ccc(-n2c(=O)c3ccncc3n(C)c2=O)cc1)C(=O)O. The highest BCUT2D eigenvalue weighted by Crippen LogP contribution is 2.11. The summed E-state index contributed by atoms with van der Waals surface area (Å²) in [6, 6.07) is 7.58. The highest BCUT2D eigenvalue weighted by atomic mass is 16.4. The van der Waals surface area contributed by atoms with Gasteiger partial charge in [0.15, 0.2) is 0 Å². The number of hydrogen-bond donors (Lipinski definition) is 2. The zero-order chi connectivity index (χ0) is 18.8. The first kappa shape index (κ1) is 17.6. The number of hydrogen-bond acceptors (Lipinski definition) is 5. The zero-order valence-electron chi connectivity index (χ0n) is 14.3. The lowest BCUT2D eigenvalue weighted by molar-refractivity contribution is -0.139. The van der Waals surface area contributed by atoms with Crippen LogP contribution >= 0.6 is 0 Å². The van der Waals surface area contributed by atoms with Crippen LogP contribution in [0.2, 0.25) is 0 Å². The zero-order valence-corrected chi connectivity index (χ0v) is 14.3. The summed E-state index contributed by atoms with van der Waals surface area (Å²) in [5.41, 5.74) is 0.784. The standard InChI is InChI=1S/C18H18N4O4/c1-19-14(17(24)25)9-11-3-5-12(6-4-11)22-16(23)13-7-8-20-10-15(13)21(2)18(22)26/h3-8,10,14,19H,9H2,1-2H3,(H,24,25). The van der Waals surface area contributed by atoms with Crippen LogP contribution in [0.15, 0.2) is 52.3 Å². The van der Waals surface area contributed by atoms with E-state index >= 15 is 0 Å². The van der Waals surface area contributed by atoms with E-state index in [1.807, 2.05) is 0 Å². The summed E-state index contributed by atoms with van der Waals surface area (Å²) in [4.78, 5) is 40.4. The first-order valence-electron chi connectivity index (χ1n) is 7.99. The van der Waals surface area contributed by atoms with Crippen LogP contribution in [0, 0.1) is 0 Å². The van der Waals surface area contributed by atoms with Crippen LogP contribution in [0.4, 0.5) is 0 Å². The number of aliphatic carboxylic acids is 1. The summed E-state index contributed by atoms with van der Waals surface area (Å²) in [5, 5.41) is 12.2. The third kappa shape index (κ3) is 3.02. The van der Waals surface area contributed by atoms with Gasteiger partial charge in [-0.2, -0.15) is 0 Å². The van der Waals surface area contributed by atoms with E-state index in [4.69, 9.17) is 5.11 Å². The molecule has 0 saturated heterocycles. The monoisotopic (exact) mass is 354 g/mol. The number of carboxylic acid groups (broad SMARTS) is 1. The van der Waals surface area contributed by atoms with Crippen molar-refractivity contribution in [3.63, 3.8) is 0 Å². The summed E-state index contributed by atoms with van der Waals surface area (Å²) in [5.74, 6) is -0.940. The van der Waals surface area contributed by atoms with Crippen molar-refractivity contribution in [2.24, 2.45) is 7.05 Å². The molecule has 8 heteroatoms. The van der Waals surface area contributed by atoms with Gasteiger partial charge in [0.25, 0.3) is 5.56 Å². The highest BCUT2D eigenvalue weighted by Gasteiger charge is 2.16. The number of nitrogens with one attached hydrogen (secondary N) is 1. The van der Waals surface area contributed by atoms with E-state index < -0.39 is 23.3 Å². The quantitative estimate of drug-likeness (QED) is 0.683. The Labute approximate surface area is 148 Å². The van der Waals surface area contributed by atoms with Gasteiger partial charge in [0.1, 0.15) is 6.04 Å². The van der Waals surface area contributed by atoms with Gasteiger partial charge in [-0.05, 0) is 37.2 Å². The number of pyridine rings is 1. The average molecular weight is 354 g/mol. The van der Waals surface area contributed by atoms with Gasteiger partial charge >= 0.3 is 11.7 Å². The molecule has 0 amide bonds. The molecular weight excluding hydrogens is 336 g/mol. The number of aromatic nitrogens is 3. The largest absolute Gasteiger partial charge is 0.480 e. The molecule has 2 heterocycles. The molecule has 1 aromatic carbocycles. The van der Waals surface area contributed by atoms with Gasteiger partial charge < -0.3 is 10.4 Å². The van der Waals surface area contributed by atoms with Crippen molar-refractivity contribution in [2.45, 2.75) is 12.5 Å². The maximum atomic E-state index is 12.7. The van der Waals surface area contributed by atoms with Crippen LogP contribution in [0.5, 0.6) is 0 Å². The molecule has 0 aliphatic carbocycles. The lowest BCUT2D eigenvalue weighted by atomic mass is 10.1. The molecule has 3 rings (SSSR count). The molecule has 0 saturated carbocycles. The minimum atomic E-state index is -0.940. The second kappa shape index (κ2) is 6.93. The van der Waals surface area contributed by atoms with Crippen molar-refractivity contribution in [3.05, 3.63) is 69.1 Å². The van der Waals surface area contributed by atoms with Gasteiger partial charge in [0.2, 0.25) is 0 Å². The summed E-state index contributed by atoms with van der Waals surface area (Å²) >= 11 is 0. The average Bonchev–Trinajstić information content (AvgIpc) is 2.65. The van der Waals surface area contributed by atoms with Crippen LogP contribution in [0.25, 0.3) is 16.6 Å². The Bertz CT molecular complexity index is 1080. The van der Waals surface area contributed by atoms with Crippen LogP contribution in [0.1, 0.15) is 5.56 Å². The number of rotatable bonds is 5. The lowest BCUT2D eigenvalue weighted by Crippen LogP contribution is -2.38. The molecule has 2 N–H and O–H groups in total. The number of carboxylic acids is 1. The Kier molecular flexibility index (Phi) is 4.68. The molecule has 26 heavy (non-hydrogen) atoms. The molecule has 3 aromatic rings. The number of nitrogens with zero attached hydrogens (tertiary/aromatic N) is 3. The number of benzene rings is 1. The minimum absolute atomic E-state index is 0.294. The third-order valence-corrected chi connectivity index (χ3v) is 4.35. The summed E-state index contributed by atoms with van der Waals surface area (Å²) in [7, 11) is 3.17. The van der Waals surface area contributed by atoms with Crippen LogP contribution < -0.4 is 16.6 Å². The lowest BCUT2D eigenvalue weighted by Gasteiger charge is -2.13. The van der Waals surface area contributed by atoms with Crippen molar-refractivity contribution < 1.29 is 9.90 Å². The molecular formula is C18H18N4O4. The van der Waals surface area contributed by atoms with Gasteiger partial charge in [-0.15, -0.1) is 0 Å². The van der Waals surface area contributed by atoms with E-state index in [0.29, 0.717) is 23.0 Å². The van der Waals surface area contributed by atoms with Gasteiger partial charge in [0, 0.05) is 13.2 Å². The molecule has 0 bridgehead atoms. The maximum Gasteiger partial charge on any atom is 0.335 e. The fourth-order valence-corrected chi connectivity index (χ4v) is 2.85. The predicted octanol–water partition coefficient (Wildman–Crippen LogP) is 0.299. The Morgan fingerprint density at radius 3 is 2.54 bits per heavy atom. The molecule has 134 valence electrons. The van der Waals surface area contributed by atoms with E-state index in [9.17, 15) is 14.4 Å². The molecule has 2 aromatic heterocycles. The van der Waals surface area contributed by atoms with E-state index in [1.165, 1.54) is 17.0 Å². The molecule has 8 nitrogen and oxygen atoms in total. The maximum absolute atomic E-state index is 12.7. The fraction of sp³-hybridized carbons (Fsp3) is 0.222. The summed E-state index contributed by atoms with van der Waals surface area (Å²) < 4.78 is 2.47. The Morgan fingerprint density at radius 1 is 1.23 bits per heavy atom. The first-order chi connectivity index (χ1) is 12.4. The van der Waals surface area contributed by atoms with Crippen LogP contribution in [0.3, 0.4) is 0 Å². The molecule has 0 fully saturated rings. The topological polar surface area (TPSA) is 106 Å². The van der Waals surface area contributed by atoms with Gasteiger partial charge in [-0.1, -0.05) is 12.1 Å². The van der Waals surface area contributed by atoms with Gasteiger partial charge in [-0.3, -0.25) is 19.1 Å². The second-order valence-electron chi connectivity index (χ2n) is 5.93. The van der Waals surface area contributed by atoms with Crippen molar-refractivity contribution >= 4 is 16.9 Å². The molecule has 0 spiro atoms. The second-order valence-corrected chi connectivity index (χ2v) is 5.93. The van der Waals surface area contributed by atoms with E-state index in [0.717, 1.165) is 10.1 Å². The Morgan fingerprint density at radius 2 is 1.92 bits per heavy atom. The van der Waals surface area contributed by atoms with Crippen molar-refractivity contribution in [1.82, 2.24) is 19.4 Å². The normalized spacial score (nSPS) is 12.2. The number of carbonyl (C=O) groups is 1. The van der Waals surface area contributed by atoms with Crippen molar-refractivity contribution in [3.8, 4) is 5.69 Å². The molecule has 0 aliphatic rings.